The molecule has 1 heterocycles. The maximum atomic E-state index is 12.2. The second kappa shape index (κ2) is 5.71. The SMILES string of the molecule is Cn1nccc1S(=O)(=O)NC1CCCCCC1Br. The lowest BCUT2D eigenvalue weighted by atomic mass is 10.1. The molecule has 0 saturated heterocycles. The van der Waals surface area contributed by atoms with Crippen LogP contribution in [0.15, 0.2) is 17.3 Å². The summed E-state index contributed by atoms with van der Waals surface area (Å²) in [6.07, 6.45) is 6.78. The molecule has 1 fully saturated rings. The lowest BCUT2D eigenvalue weighted by molar-refractivity contribution is 0.512. The minimum absolute atomic E-state index is 0.0348. The molecule has 1 aliphatic rings. The van der Waals surface area contributed by atoms with Gasteiger partial charge in [-0.25, -0.2) is 13.1 Å². The van der Waals surface area contributed by atoms with Crippen LogP contribution in [0.5, 0.6) is 0 Å². The first-order chi connectivity index (χ1) is 8.50. The monoisotopic (exact) mass is 335 g/mol. The number of hydrogen-bond donors (Lipinski definition) is 1. The summed E-state index contributed by atoms with van der Waals surface area (Å²) in [4.78, 5) is 0.211. The molecule has 18 heavy (non-hydrogen) atoms. The Bertz CT molecular complexity index is 500. The Morgan fingerprint density at radius 3 is 2.78 bits per heavy atom. The molecule has 1 aromatic heterocycles. The van der Waals surface area contributed by atoms with Crippen molar-refractivity contribution >= 4 is 26.0 Å². The molecule has 1 saturated carbocycles. The van der Waals surface area contributed by atoms with Gasteiger partial charge in [-0.15, -0.1) is 0 Å². The average molecular weight is 336 g/mol. The molecule has 2 atom stereocenters. The molecule has 1 aromatic rings. The number of nitrogens with one attached hydrogen (secondary N) is 1. The van der Waals surface area contributed by atoms with Crippen LogP contribution in [0.25, 0.3) is 0 Å². The Morgan fingerprint density at radius 1 is 1.39 bits per heavy atom. The summed E-state index contributed by atoms with van der Waals surface area (Å²) in [5.41, 5.74) is 0. The van der Waals surface area contributed by atoms with Crippen LogP contribution < -0.4 is 4.72 Å². The van der Waals surface area contributed by atoms with Crippen LogP contribution in [-0.2, 0) is 17.1 Å². The first-order valence-corrected chi connectivity index (χ1v) is 8.55. The van der Waals surface area contributed by atoms with Gasteiger partial charge >= 0.3 is 0 Å². The van der Waals surface area contributed by atoms with E-state index in [9.17, 15) is 8.42 Å². The van der Waals surface area contributed by atoms with E-state index in [4.69, 9.17) is 0 Å². The summed E-state index contributed by atoms with van der Waals surface area (Å²) < 4.78 is 28.7. The Kier molecular flexibility index (Phi) is 4.45. The Labute approximate surface area is 116 Å². The predicted octanol–water partition coefficient (Wildman–Crippen LogP) is 1.79. The summed E-state index contributed by atoms with van der Waals surface area (Å²) in [5, 5.41) is 4.11. The molecule has 7 heteroatoms. The minimum Gasteiger partial charge on any atom is -0.256 e. The normalized spacial score (nSPS) is 25.9. The van der Waals surface area contributed by atoms with Crippen molar-refractivity contribution in [3.63, 3.8) is 0 Å². The van der Waals surface area contributed by atoms with E-state index in [1.54, 1.807) is 7.05 Å². The van der Waals surface area contributed by atoms with Gasteiger partial charge in [0.15, 0.2) is 5.03 Å². The quantitative estimate of drug-likeness (QED) is 0.676. The van der Waals surface area contributed by atoms with Gasteiger partial charge in [0.2, 0.25) is 0 Å². The van der Waals surface area contributed by atoms with E-state index in [1.165, 1.54) is 23.4 Å². The number of rotatable bonds is 3. The van der Waals surface area contributed by atoms with Crippen molar-refractivity contribution in [1.29, 1.82) is 0 Å². The van der Waals surface area contributed by atoms with Gasteiger partial charge in [0.1, 0.15) is 0 Å². The number of nitrogens with zero attached hydrogens (tertiary/aromatic N) is 2. The van der Waals surface area contributed by atoms with Gasteiger partial charge in [-0.1, -0.05) is 35.2 Å². The van der Waals surface area contributed by atoms with E-state index in [0.717, 1.165) is 25.7 Å². The van der Waals surface area contributed by atoms with Gasteiger partial charge in [0, 0.05) is 17.9 Å². The van der Waals surface area contributed by atoms with E-state index >= 15 is 0 Å². The molecule has 0 amide bonds. The van der Waals surface area contributed by atoms with Crippen LogP contribution in [0.1, 0.15) is 32.1 Å². The summed E-state index contributed by atoms with van der Waals surface area (Å²) in [6.45, 7) is 0. The van der Waals surface area contributed by atoms with Crippen LogP contribution >= 0.6 is 15.9 Å². The topological polar surface area (TPSA) is 64.0 Å². The fraction of sp³-hybridized carbons (Fsp3) is 0.727. The number of sulfonamides is 1. The second-order valence-electron chi connectivity index (χ2n) is 4.67. The van der Waals surface area contributed by atoms with Crippen LogP contribution in [0.3, 0.4) is 0 Å². The van der Waals surface area contributed by atoms with Gasteiger partial charge in [0.25, 0.3) is 10.0 Å². The molecular weight excluding hydrogens is 318 g/mol. The largest absolute Gasteiger partial charge is 0.257 e. The van der Waals surface area contributed by atoms with Crippen molar-refractivity contribution in [2.75, 3.05) is 0 Å². The molecule has 0 aromatic carbocycles. The van der Waals surface area contributed by atoms with Gasteiger partial charge in [-0.3, -0.25) is 4.68 Å². The highest BCUT2D eigenvalue weighted by atomic mass is 79.9. The van der Waals surface area contributed by atoms with Gasteiger partial charge in [-0.2, -0.15) is 5.10 Å². The fourth-order valence-electron chi connectivity index (χ4n) is 2.28. The van der Waals surface area contributed by atoms with E-state index < -0.39 is 10.0 Å². The maximum absolute atomic E-state index is 12.2. The zero-order valence-electron chi connectivity index (χ0n) is 10.3. The highest BCUT2D eigenvalue weighted by Gasteiger charge is 2.28. The molecule has 102 valence electrons. The van der Waals surface area contributed by atoms with Crippen molar-refractivity contribution in [2.24, 2.45) is 7.05 Å². The molecular formula is C11H18BrN3O2S. The zero-order chi connectivity index (χ0) is 13.2. The molecule has 2 rings (SSSR count). The first kappa shape index (κ1) is 14.0. The van der Waals surface area contributed by atoms with Crippen LogP contribution in [0.4, 0.5) is 0 Å². The van der Waals surface area contributed by atoms with E-state index in [2.05, 4.69) is 25.8 Å². The number of hydrogen-bond acceptors (Lipinski definition) is 3. The summed E-state index contributed by atoms with van der Waals surface area (Å²) in [5.74, 6) is 0. The van der Waals surface area contributed by atoms with Crippen molar-refractivity contribution in [1.82, 2.24) is 14.5 Å². The summed E-state index contributed by atoms with van der Waals surface area (Å²) >= 11 is 3.59. The van der Waals surface area contributed by atoms with Crippen molar-refractivity contribution in [3.05, 3.63) is 12.3 Å². The molecule has 0 bridgehead atoms. The van der Waals surface area contributed by atoms with Crippen molar-refractivity contribution < 1.29 is 8.42 Å². The van der Waals surface area contributed by atoms with E-state index in [1.807, 2.05) is 0 Å². The Morgan fingerprint density at radius 2 is 2.11 bits per heavy atom. The summed E-state index contributed by atoms with van der Waals surface area (Å²) in [6, 6.07) is 1.48. The van der Waals surface area contributed by atoms with Crippen LogP contribution in [0, 0.1) is 0 Å². The van der Waals surface area contributed by atoms with Gasteiger partial charge < -0.3 is 0 Å². The standard InChI is InChI=1S/C11H18BrN3O2S/c1-15-11(7-8-13-15)18(16,17)14-10-6-4-2-3-5-9(10)12/h7-10,14H,2-6H2,1H3. The molecule has 0 radical (unpaired) electrons. The molecule has 1 aliphatic carbocycles. The number of alkyl halides is 1. The second-order valence-corrected chi connectivity index (χ2v) is 7.51. The number of aryl methyl sites for hydroxylation is 1. The molecule has 5 nitrogen and oxygen atoms in total. The lowest BCUT2D eigenvalue weighted by Crippen LogP contribution is -2.40. The van der Waals surface area contributed by atoms with Crippen molar-refractivity contribution in [2.45, 2.75) is 48.0 Å². The predicted molar refractivity (Wildman–Crippen MR) is 73.1 cm³/mol. The number of halogens is 1. The lowest BCUT2D eigenvalue weighted by Gasteiger charge is -2.21. The zero-order valence-corrected chi connectivity index (χ0v) is 12.7. The van der Waals surface area contributed by atoms with Gasteiger partial charge in [0.05, 0.1) is 6.20 Å². The molecule has 1 N–H and O–H groups in total. The van der Waals surface area contributed by atoms with Crippen LogP contribution in [0.2, 0.25) is 0 Å². The average Bonchev–Trinajstić information content (AvgIpc) is 2.64. The third-order valence-electron chi connectivity index (χ3n) is 3.29. The Balaban J connectivity index is 2.15. The molecule has 0 spiro atoms. The van der Waals surface area contributed by atoms with Gasteiger partial charge in [-0.05, 0) is 18.9 Å². The smallest absolute Gasteiger partial charge is 0.256 e. The van der Waals surface area contributed by atoms with Crippen molar-refractivity contribution in [3.8, 4) is 0 Å². The van der Waals surface area contributed by atoms with E-state index in [0.29, 0.717) is 0 Å². The molecule has 0 aliphatic heterocycles. The third kappa shape index (κ3) is 3.13. The van der Waals surface area contributed by atoms with Crippen LogP contribution in [-0.4, -0.2) is 29.1 Å². The highest BCUT2D eigenvalue weighted by Crippen LogP contribution is 2.25. The highest BCUT2D eigenvalue weighted by molar-refractivity contribution is 9.09. The summed E-state index contributed by atoms with van der Waals surface area (Å²) in [7, 11) is -1.84. The first-order valence-electron chi connectivity index (χ1n) is 6.15. The molecule has 2 unspecified atom stereocenters. The fourth-order valence-corrected chi connectivity index (χ4v) is 4.61. The maximum Gasteiger partial charge on any atom is 0.257 e. The number of aromatic nitrogens is 2. The van der Waals surface area contributed by atoms with E-state index in [-0.39, 0.29) is 15.9 Å². The Hall–Kier alpha value is -0.400. The third-order valence-corrected chi connectivity index (χ3v) is 5.95. The minimum atomic E-state index is -3.48.